The molecule has 0 N–H and O–H groups in total. The molecule has 10 heteroatoms. The van der Waals surface area contributed by atoms with Crippen molar-refractivity contribution in [2.24, 2.45) is 0 Å². The van der Waals surface area contributed by atoms with Gasteiger partial charge >= 0.3 is 6.18 Å². The lowest BCUT2D eigenvalue weighted by atomic mass is 10.4. The van der Waals surface area contributed by atoms with Crippen molar-refractivity contribution in [3.63, 3.8) is 0 Å². The highest BCUT2D eigenvalue weighted by atomic mass is 35.5. The molecule has 5 nitrogen and oxygen atoms in total. The molecule has 0 bridgehead atoms. The van der Waals surface area contributed by atoms with Crippen molar-refractivity contribution in [3.05, 3.63) is 17.0 Å². The van der Waals surface area contributed by atoms with E-state index in [9.17, 15) is 21.6 Å². The van der Waals surface area contributed by atoms with Gasteiger partial charge in [0.25, 0.3) is 0 Å². The maximum Gasteiger partial charge on any atom is 0.451 e. The zero-order valence-corrected chi connectivity index (χ0v) is 11.6. The monoisotopic (exact) mass is 317 g/mol. The Labute approximate surface area is 113 Å². The zero-order chi connectivity index (χ0) is 14.8. The van der Waals surface area contributed by atoms with E-state index in [1.165, 1.54) is 11.9 Å². The van der Waals surface area contributed by atoms with Crippen LogP contribution in [0.5, 0.6) is 0 Å². The van der Waals surface area contributed by atoms with E-state index < -0.39 is 21.8 Å². The molecule has 19 heavy (non-hydrogen) atoms. The summed E-state index contributed by atoms with van der Waals surface area (Å²) in [4.78, 5) is 7.66. The van der Waals surface area contributed by atoms with Crippen LogP contribution >= 0.6 is 11.6 Å². The summed E-state index contributed by atoms with van der Waals surface area (Å²) in [6.45, 7) is 0.00345. The smallest absolute Gasteiger partial charge is 0.359 e. The first-order valence-electron chi connectivity index (χ1n) is 5.00. The van der Waals surface area contributed by atoms with Crippen LogP contribution in [-0.4, -0.2) is 44.0 Å². The number of halogens is 4. The van der Waals surface area contributed by atoms with Gasteiger partial charge in [0, 0.05) is 25.9 Å². The summed E-state index contributed by atoms with van der Waals surface area (Å²) in [5, 5.41) is -0.358. The Kier molecular flexibility index (Phi) is 4.62. The normalized spacial score (nSPS) is 12.5. The second-order valence-corrected chi connectivity index (χ2v) is 6.57. The van der Waals surface area contributed by atoms with Crippen LogP contribution in [0, 0.1) is 0 Å². The predicted molar refractivity (Wildman–Crippen MR) is 65.0 cm³/mol. The van der Waals surface area contributed by atoms with Crippen LogP contribution < -0.4 is 4.90 Å². The summed E-state index contributed by atoms with van der Waals surface area (Å²) in [6, 6.07) is 1.14. The van der Waals surface area contributed by atoms with Gasteiger partial charge in [-0.05, 0) is 0 Å². The van der Waals surface area contributed by atoms with E-state index in [0.29, 0.717) is 0 Å². The Hall–Kier alpha value is -1.09. The lowest BCUT2D eigenvalue weighted by Gasteiger charge is -2.18. The first-order valence-corrected chi connectivity index (χ1v) is 7.43. The number of hydrogen-bond acceptors (Lipinski definition) is 5. The summed E-state index contributed by atoms with van der Waals surface area (Å²) >= 11 is 5.49. The molecule has 0 aliphatic heterocycles. The highest BCUT2D eigenvalue weighted by Gasteiger charge is 2.35. The van der Waals surface area contributed by atoms with Gasteiger partial charge in [-0.15, -0.1) is 0 Å². The highest BCUT2D eigenvalue weighted by molar-refractivity contribution is 7.90. The maximum absolute atomic E-state index is 12.5. The number of alkyl halides is 3. The quantitative estimate of drug-likeness (QED) is 0.790. The van der Waals surface area contributed by atoms with Crippen molar-refractivity contribution in [2.75, 3.05) is 30.5 Å². The molecule has 1 heterocycles. The number of hydrogen-bond donors (Lipinski definition) is 0. The molecule has 0 aliphatic rings. The lowest BCUT2D eigenvalue weighted by Crippen LogP contribution is -2.26. The molecule has 0 aromatic carbocycles. The zero-order valence-electron chi connectivity index (χ0n) is 10.1. The molecule has 0 fully saturated rings. The number of anilines is 1. The summed E-state index contributed by atoms with van der Waals surface area (Å²) in [6.07, 6.45) is -3.67. The average Bonchev–Trinajstić information content (AvgIpc) is 2.22. The van der Waals surface area contributed by atoms with Crippen molar-refractivity contribution >= 4 is 27.3 Å². The predicted octanol–water partition coefficient (Wildman–Crippen LogP) is 1.63. The van der Waals surface area contributed by atoms with Gasteiger partial charge in [-0.25, -0.2) is 18.4 Å². The van der Waals surface area contributed by atoms with Crippen LogP contribution in [0.3, 0.4) is 0 Å². The summed E-state index contributed by atoms with van der Waals surface area (Å²) < 4.78 is 59.5. The third-order valence-corrected chi connectivity index (χ3v) is 3.24. The SMILES string of the molecule is CN(CCS(C)(=O)=O)c1cc(Cl)nc(C(F)(F)F)n1. The molecule has 0 unspecified atom stereocenters. The van der Waals surface area contributed by atoms with Gasteiger partial charge in [0.2, 0.25) is 5.82 Å². The molecule has 1 aromatic heterocycles. The van der Waals surface area contributed by atoms with Crippen molar-refractivity contribution in [1.29, 1.82) is 0 Å². The fourth-order valence-electron chi connectivity index (χ4n) is 1.15. The van der Waals surface area contributed by atoms with Crippen LogP contribution in [0.15, 0.2) is 6.07 Å². The van der Waals surface area contributed by atoms with E-state index in [0.717, 1.165) is 12.3 Å². The van der Waals surface area contributed by atoms with Gasteiger partial charge in [0.05, 0.1) is 5.75 Å². The van der Waals surface area contributed by atoms with Gasteiger partial charge in [-0.1, -0.05) is 11.6 Å². The van der Waals surface area contributed by atoms with Crippen LogP contribution in [0.1, 0.15) is 5.82 Å². The fourth-order valence-corrected chi connectivity index (χ4v) is 1.93. The number of nitrogens with zero attached hydrogens (tertiary/aromatic N) is 3. The maximum atomic E-state index is 12.5. The Bertz CT molecular complexity index is 562. The molecule has 0 amide bonds. The number of sulfone groups is 1. The Balaban J connectivity index is 2.98. The van der Waals surface area contributed by atoms with Gasteiger partial charge in [-0.2, -0.15) is 13.2 Å². The Morgan fingerprint density at radius 2 is 1.95 bits per heavy atom. The standard InChI is InChI=1S/C9H11ClF3N3O2S/c1-16(3-4-19(2,17)18)7-5-6(10)14-8(15-7)9(11,12)13/h5H,3-4H2,1-2H3. The van der Waals surface area contributed by atoms with E-state index in [1.807, 2.05) is 0 Å². The summed E-state index contributed by atoms with van der Waals surface area (Å²) in [5.41, 5.74) is 0. The lowest BCUT2D eigenvalue weighted by molar-refractivity contribution is -0.144. The molecule has 108 valence electrons. The van der Waals surface area contributed by atoms with Gasteiger partial charge in [0.1, 0.15) is 20.8 Å². The number of aromatic nitrogens is 2. The average molecular weight is 318 g/mol. The molecule has 0 aliphatic carbocycles. The highest BCUT2D eigenvalue weighted by Crippen LogP contribution is 2.28. The third kappa shape index (κ3) is 5.19. The summed E-state index contributed by atoms with van der Waals surface area (Å²) in [7, 11) is -1.80. The summed E-state index contributed by atoms with van der Waals surface area (Å²) in [5.74, 6) is -1.65. The van der Waals surface area contributed by atoms with Gasteiger partial charge < -0.3 is 4.90 Å². The molecule has 0 atom stereocenters. The van der Waals surface area contributed by atoms with Crippen LogP contribution in [0.4, 0.5) is 19.0 Å². The van der Waals surface area contributed by atoms with E-state index in [-0.39, 0.29) is 23.3 Å². The molecular formula is C9H11ClF3N3O2S. The minimum atomic E-state index is -4.71. The second-order valence-electron chi connectivity index (χ2n) is 3.92. The molecule has 1 aromatic rings. The van der Waals surface area contributed by atoms with E-state index in [1.54, 1.807) is 0 Å². The van der Waals surface area contributed by atoms with Crippen LogP contribution in [-0.2, 0) is 16.0 Å². The van der Waals surface area contributed by atoms with E-state index in [4.69, 9.17) is 11.6 Å². The second kappa shape index (κ2) is 5.49. The first-order chi connectivity index (χ1) is 8.49. The minimum Gasteiger partial charge on any atom is -0.359 e. The first kappa shape index (κ1) is 16.0. The molecular weight excluding hydrogens is 307 g/mol. The van der Waals surface area contributed by atoms with Crippen molar-refractivity contribution < 1.29 is 21.6 Å². The fraction of sp³-hybridized carbons (Fsp3) is 0.556. The minimum absolute atomic E-state index is 0.00345. The molecule has 0 radical (unpaired) electrons. The largest absolute Gasteiger partial charge is 0.451 e. The van der Waals surface area contributed by atoms with Crippen LogP contribution in [0.2, 0.25) is 5.15 Å². The third-order valence-electron chi connectivity index (χ3n) is 2.12. The van der Waals surface area contributed by atoms with Gasteiger partial charge in [0.15, 0.2) is 0 Å². The number of rotatable bonds is 4. The molecule has 0 saturated carbocycles. The van der Waals surface area contributed by atoms with E-state index >= 15 is 0 Å². The molecule has 1 rings (SSSR count). The van der Waals surface area contributed by atoms with Gasteiger partial charge in [-0.3, -0.25) is 0 Å². The topological polar surface area (TPSA) is 63.2 Å². The van der Waals surface area contributed by atoms with E-state index in [2.05, 4.69) is 9.97 Å². The van der Waals surface area contributed by atoms with Crippen molar-refractivity contribution in [3.8, 4) is 0 Å². The molecule has 0 spiro atoms. The Morgan fingerprint density at radius 3 is 2.42 bits per heavy atom. The molecule has 0 saturated heterocycles. The Morgan fingerprint density at radius 1 is 1.37 bits per heavy atom. The van der Waals surface area contributed by atoms with Crippen LogP contribution in [0.25, 0.3) is 0 Å². The van der Waals surface area contributed by atoms with Crippen molar-refractivity contribution in [2.45, 2.75) is 6.18 Å². The van der Waals surface area contributed by atoms with Crippen molar-refractivity contribution in [1.82, 2.24) is 9.97 Å².